The van der Waals surface area contributed by atoms with E-state index in [0.717, 1.165) is 0 Å². The van der Waals surface area contributed by atoms with E-state index < -0.39 is 0 Å². The van der Waals surface area contributed by atoms with Crippen LogP contribution in [0.2, 0.25) is 5.02 Å². The Morgan fingerprint density at radius 3 is 3.00 bits per heavy atom. The molecular formula is C14H12ClN3OS. The molecule has 0 unspecified atom stereocenters. The normalized spacial score (nSPS) is 9.75. The lowest BCUT2D eigenvalue weighted by atomic mass is 10.1. The molecule has 1 amide bonds. The van der Waals surface area contributed by atoms with Gasteiger partial charge in [-0.1, -0.05) is 23.4 Å². The highest BCUT2D eigenvalue weighted by atomic mass is 35.5. The molecule has 3 N–H and O–H groups in total. The minimum Gasteiger partial charge on any atom is -0.320 e. The first-order valence-electron chi connectivity index (χ1n) is 5.81. The molecule has 1 aromatic heterocycles. The molecule has 0 saturated carbocycles. The van der Waals surface area contributed by atoms with Crippen LogP contribution in [0.4, 0.5) is 5.69 Å². The van der Waals surface area contributed by atoms with Crippen molar-refractivity contribution in [2.45, 2.75) is 6.92 Å². The van der Waals surface area contributed by atoms with Gasteiger partial charge in [-0.15, -0.1) is 11.3 Å². The minimum atomic E-state index is -0.205. The molecule has 4 nitrogen and oxygen atoms in total. The van der Waals surface area contributed by atoms with E-state index >= 15 is 0 Å². The number of hydrogen-bond donors (Lipinski definition) is 2. The molecule has 102 valence electrons. The van der Waals surface area contributed by atoms with Crippen LogP contribution >= 0.6 is 22.9 Å². The Bertz CT molecular complexity index is 700. The van der Waals surface area contributed by atoms with Gasteiger partial charge in [-0.3, -0.25) is 4.79 Å². The van der Waals surface area contributed by atoms with E-state index in [2.05, 4.69) is 22.1 Å². The third-order valence-corrected chi connectivity index (χ3v) is 3.67. The van der Waals surface area contributed by atoms with Crippen molar-refractivity contribution in [1.82, 2.24) is 4.98 Å². The van der Waals surface area contributed by atoms with Gasteiger partial charge in [-0.25, -0.2) is 4.98 Å². The molecule has 2 aromatic rings. The molecule has 0 radical (unpaired) electrons. The quantitative estimate of drug-likeness (QED) is 0.838. The van der Waals surface area contributed by atoms with Crippen LogP contribution in [0.3, 0.4) is 0 Å². The van der Waals surface area contributed by atoms with Crippen molar-refractivity contribution in [1.29, 1.82) is 0 Å². The van der Waals surface area contributed by atoms with Crippen LogP contribution in [0.5, 0.6) is 0 Å². The molecule has 1 heterocycles. The van der Waals surface area contributed by atoms with Crippen LogP contribution in [0.1, 0.15) is 20.9 Å². The predicted molar refractivity (Wildman–Crippen MR) is 82.2 cm³/mol. The molecule has 0 aliphatic heterocycles. The second-order valence-electron chi connectivity index (χ2n) is 3.92. The van der Waals surface area contributed by atoms with Crippen molar-refractivity contribution < 1.29 is 4.79 Å². The zero-order chi connectivity index (χ0) is 14.5. The number of nitrogens with two attached hydrogens (primary N) is 1. The Hall–Kier alpha value is -1.87. The highest BCUT2D eigenvalue weighted by molar-refractivity contribution is 7.12. The number of nitrogens with zero attached hydrogens (tertiary/aromatic N) is 1. The van der Waals surface area contributed by atoms with E-state index in [1.807, 2.05) is 0 Å². The molecule has 0 saturated heterocycles. The average molecular weight is 306 g/mol. The Balaban J connectivity index is 2.29. The first kappa shape index (κ1) is 14.5. The molecule has 0 atom stereocenters. The van der Waals surface area contributed by atoms with Gasteiger partial charge in [0.05, 0.1) is 23.4 Å². The summed E-state index contributed by atoms with van der Waals surface area (Å²) in [7, 11) is 0. The number of rotatable bonds is 2. The Morgan fingerprint density at radius 2 is 2.35 bits per heavy atom. The van der Waals surface area contributed by atoms with E-state index in [-0.39, 0.29) is 12.5 Å². The van der Waals surface area contributed by atoms with Crippen molar-refractivity contribution in [2.24, 2.45) is 5.73 Å². The molecule has 6 heteroatoms. The van der Waals surface area contributed by atoms with Crippen molar-refractivity contribution in [3.05, 3.63) is 44.9 Å². The maximum atomic E-state index is 12.2. The third-order valence-electron chi connectivity index (χ3n) is 2.51. The fraction of sp³-hybridized carbons (Fsp3) is 0.143. The van der Waals surface area contributed by atoms with Crippen LogP contribution < -0.4 is 11.1 Å². The average Bonchev–Trinajstić information content (AvgIpc) is 2.85. The fourth-order valence-electron chi connectivity index (χ4n) is 1.57. The number of nitrogens with one attached hydrogen (secondary N) is 1. The summed E-state index contributed by atoms with van der Waals surface area (Å²) in [5.74, 6) is 5.44. The molecular weight excluding hydrogens is 294 g/mol. The van der Waals surface area contributed by atoms with Crippen LogP contribution in [-0.4, -0.2) is 17.4 Å². The van der Waals surface area contributed by atoms with Gasteiger partial charge in [0, 0.05) is 10.6 Å². The van der Waals surface area contributed by atoms with Crippen LogP contribution in [0.25, 0.3) is 0 Å². The van der Waals surface area contributed by atoms with Gasteiger partial charge in [-0.05, 0) is 25.1 Å². The van der Waals surface area contributed by atoms with Gasteiger partial charge in [-0.2, -0.15) is 0 Å². The largest absolute Gasteiger partial charge is 0.320 e. The maximum Gasteiger partial charge on any atom is 0.267 e. The van der Waals surface area contributed by atoms with Crippen LogP contribution in [-0.2, 0) is 0 Å². The molecule has 0 bridgehead atoms. The first-order chi connectivity index (χ1) is 9.61. The van der Waals surface area contributed by atoms with E-state index in [0.29, 0.717) is 26.8 Å². The number of aryl methyl sites for hydroxylation is 1. The van der Waals surface area contributed by atoms with E-state index in [9.17, 15) is 4.79 Å². The maximum absolute atomic E-state index is 12.2. The molecule has 1 aromatic carbocycles. The number of hydrogen-bond acceptors (Lipinski definition) is 4. The van der Waals surface area contributed by atoms with Gasteiger partial charge < -0.3 is 11.1 Å². The zero-order valence-corrected chi connectivity index (χ0v) is 12.3. The number of halogens is 1. The summed E-state index contributed by atoms with van der Waals surface area (Å²) < 4.78 is 0. The lowest BCUT2D eigenvalue weighted by molar-refractivity contribution is 0.103. The molecule has 0 aliphatic carbocycles. The lowest BCUT2D eigenvalue weighted by Gasteiger charge is -2.07. The topological polar surface area (TPSA) is 68.0 Å². The van der Waals surface area contributed by atoms with E-state index in [1.54, 1.807) is 30.6 Å². The van der Waals surface area contributed by atoms with Gasteiger partial charge in [0.2, 0.25) is 0 Å². The number of amides is 1. The van der Waals surface area contributed by atoms with E-state index in [1.165, 1.54) is 11.3 Å². The Kier molecular flexibility index (Phi) is 4.74. The Labute approximate surface area is 126 Å². The second-order valence-corrected chi connectivity index (χ2v) is 5.21. The molecule has 2 rings (SSSR count). The summed E-state index contributed by atoms with van der Waals surface area (Å²) >= 11 is 7.24. The van der Waals surface area contributed by atoms with Gasteiger partial charge in [0.1, 0.15) is 4.88 Å². The summed E-state index contributed by atoms with van der Waals surface area (Å²) in [6.45, 7) is 2.04. The van der Waals surface area contributed by atoms with Crippen molar-refractivity contribution >= 4 is 34.5 Å². The number of anilines is 1. The summed E-state index contributed by atoms with van der Waals surface area (Å²) in [4.78, 5) is 16.8. The lowest BCUT2D eigenvalue weighted by Crippen LogP contribution is -2.12. The Morgan fingerprint density at radius 1 is 1.55 bits per heavy atom. The molecule has 0 spiro atoms. The summed E-state index contributed by atoms with van der Waals surface area (Å²) in [5, 5.41) is 3.37. The summed E-state index contributed by atoms with van der Waals surface area (Å²) in [6.07, 6.45) is 0. The number of benzene rings is 1. The van der Waals surface area contributed by atoms with Crippen LogP contribution in [0.15, 0.2) is 23.7 Å². The van der Waals surface area contributed by atoms with Crippen molar-refractivity contribution in [2.75, 3.05) is 11.9 Å². The zero-order valence-electron chi connectivity index (χ0n) is 10.7. The van der Waals surface area contributed by atoms with Gasteiger partial charge in [0.15, 0.2) is 0 Å². The summed E-state index contributed by atoms with van der Waals surface area (Å²) in [6, 6.07) is 5.11. The SMILES string of the molecule is Cc1ncsc1C(=O)Nc1ccc(Cl)cc1C#CCN. The highest BCUT2D eigenvalue weighted by Crippen LogP contribution is 2.22. The highest BCUT2D eigenvalue weighted by Gasteiger charge is 2.13. The molecule has 0 aliphatic rings. The van der Waals surface area contributed by atoms with Gasteiger partial charge >= 0.3 is 0 Å². The standard InChI is InChI=1S/C14H12ClN3OS/c1-9-13(20-8-17-9)14(19)18-12-5-4-11(15)7-10(12)3-2-6-16/h4-5,7-8H,6,16H2,1H3,(H,18,19). The van der Waals surface area contributed by atoms with Gasteiger partial charge in [0.25, 0.3) is 5.91 Å². The molecule has 0 fully saturated rings. The monoisotopic (exact) mass is 305 g/mol. The smallest absolute Gasteiger partial charge is 0.267 e. The number of thiazole rings is 1. The van der Waals surface area contributed by atoms with Crippen molar-refractivity contribution in [3.63, 3.8) is 0 Å². The van der Waals surface area contributed by atoms with E-state index in [4.69, 9.17) is 17.3 Å². The third kappa shape index (κ3) is 3.36. The number of aromatic nitrogens is 1. The second kappa shape index (κ2) is 6.53. The fourth-order valence-corrected chi connectivity index (χ4v) is 2.44. The molecule has 20 heavy (non-hydrogen) atoms. The summed E-state index contributed by atoms with van der Waals surface area (Å²) in [5.41, 5.74) is 8.95. The minimum absolute atomic E-state index is 0.205. The van der Waals surface area contributed by atoms with Crippen molar-refractivity contribution in [3.8, 4) is 11.8 Å². The first-order valence-corrected chi connectivity index (χ1v) is 7.07. The van der Waals surface area contributed by atoms with Crippen LogP contribution in [0, 0.1) is 18.8 Å². The predicted octanol–water partition coefficient (Wildman–Crippen LogP) is 2.67. The number of carbonyl (C=O) groups is 1. The number of carbonyl (C=O) groups excluding carboxylic acids is 1.